The average Bonchev–Trinajstić information content (AvgIpc) is 3.14. The van der Waals surface area contributed by atoms with Crippen molar-refractivity contribution >= 4 is 35.1 Å². The number of hydrogen-bond acceptors (Lipinski definition) is 5. The predicted molar refractivity (Wildman–Crippen MR) is 111 cm³/mol. The molecule has 0 fully saturated rings. The first-order valence-corrected chi connectivity index (χ1v) is 10.4. The fourth-order valence-corrected chi connectivity index (χ4v) is 3.77. The number of amides is 1. The van der Waals surface area contributed by atoms with Crippen molar-refractivity contribution in [2.75, 3.05) is 23.4 Å². The Labute approximate surface area is 168 Å². The van der Waals surface area contributed by atoms with Crippen LogP contribution in [0.4, 0.5) is 5.69 Å². The van der Waals surface area contributed by atoms with Crippen LogP contribution < -0.4 is 5.32 Å². The Kier molecular flexibility index (Phi) is 6.87. The molecule has 0 aliphatic heterocycles. The summed E-state index contributed by atoms with van der Waals surface area (Å²) in [5.41, 5.74) is 4.88. The number of thioether (sulfide) groups is 1. The summed E-state index contributed by atoms with van der Waals surface area (Å²) in [7, 11) is 0. The molecule has 0 heterocycles. The van der Waals surface area contributed by atoms with Gasteiger partial charge < -0.3 is 10.1 Å². The highest BCUT2D eigenvalue weighted by Gasteiger charge is 2.15. The Hall–Kier alpha value is -2.60. The van der Waals surface area contributed by atoms with Crippen LogP contribution in [0.25, 0.3) is 0 Å². The third-order valence-electron chi connectivity index (χ3n) is 4.54. The summed E-state index contributed by atoms with van der Waals surface area (Å²) >= 11 is 1.16. The van der Waals surface area contributed by atoms with E-state index in [1.54, 1.807) is 6.07 Å². The summed E-state index contributed by atoms with van der Waals surface area (Å²) in [5.74, 6) is -0.716. The molecule has 3 rings (SSSR count). The van der Waals surface area contributed by atoms with Crippen LogP contribution in [0.3, 0.4) is 0 Å². The molecule has 1 aliphatic carbocycles. The third kappa shape index (κ3) is 5.70. The molecule has 1 aliphatic rings. The Morgan fingerprint density at radius 3 is 2.68 bits per heavy atom. The van der Waals surface area contributed by atoms with E-state index in [4.69, 9.17) is 4.74 Å². The number of ketones is 1. The normalized spacial score (nSPS) is 12.3. The van der Waals surface area contributed by atoms with Gasteiger partial charge in [0, 0.05) is 11.3 Å². The lowest BCUT2D eigenvalue weighted by Crippen LogP contribution is -2.18. The van der Waals surface area contributed by atoms with Crippen molar-refractivity contribution in [2.45, 2.75) is 26.2 Å². The molecular formula is C22H23NO4S. The van der Waals surface area contributed by atoms with Gasteiger partial charge in [-0.25, -0.2) is 0 Å². The number of carbonyl (C=O) groups excluding carboxylic acids is 3. The molecule has 0 spiro atoms. The van der Waals surface area contributed by atoms with E-state index in [9.17, 15) is 14.4 Å². The number of fused-ring (bicyclic) bond motifs is 1. The Balaban J connectivity index is 1.36. The molecule has 6 heteroatoms. The fourth-order valence-electron chi connectivity index (χ4n) is 3.16. The van der Waals surface area contributed by atoms with Crippen LogP contribution in [-0.4, -0.2) is 35.8 Å². The summed E-state index contributed by atoms with van der Waals surface area (Å²) < 4.78 is 5.05. The molecule has 2 aromatic carbocycles. The molecule has 0 saturated carbocycles. The van der Waals surface area contributed by atoms with Crippen molar-refractivity contribution in [3.8, 4) is 0 Å². The number of carbonyl (C=O) groups is 3. The zero-order chi connectivity index (χ0) is 19.9. The number of Topliss-reactive ketones (excluding diaryl/α,β-unsaturated/α-hetero) is 1. The van der Waals surface area contributed by atoms with Crippen molar-refractivity contribution < 1.29 is 19.1 Å². The second-order valence-corrected chi connectivity index (χ2v) is 7.82. The minimum Gasteiger partial charge on any atom is -0.457 e. The highest BCUT2D eigenvalue weighted by molar-refractivity contribution is 8.00. The van der Waals surface area contributed by atoms with Gasteiger partial charge in [0.15, 0.2) is 12.4 Å². The van der Waals surface area contributed by atoms with Crippen LogP contribution >= 0.6 is 11.8 Å². The van der Waals surface area contributed by atoms with Gasteiger partial charge in [-0.15, -0.1) is 11.8 Å². The molecule has 0 atom stereocenters. The van der Waals surface area contributed by atoms with E-state index in [0.29, 0.717) is 5.56 Å². The average molecular weight is 397 g/mol. The quantitative estimate of drug-likeness (QED) is 0.544. The summed E-state index contributed by atoms with van der Waals surface area (Å²) in [6, 6.07) is 13.2. The lowest BCUT2D eigenvalue weighted by Gasteiger charge is -2.07. The molecule has 0 radical (unpaired) electrons. The number of benzene rings is 2. The molecule has 1 amide bonds. The summed E-state index contributed by atoms with van der Waals surface area (Å²) in [4.78, 5) is 35.9. The standard InChI is InChI=1S/C22H23NO4S/c1-15-4-2-7-19(10-15)23-21(25)13-28-14-22(26)27-12-20(24)18-9-8-16-5-3-6-17(16)11-18/h2,4,7-11H,3,5-6,12-14H2,1H3,(H,23,25). The van der Waals surface area contributed by atoms with E-state index in [1.807, 2.05) is 43.3 Å². The number of rotatable bonds is 8. The van der Waals surface area contributed by atoms with Gasteiger partial charge in [0.2, 0.25) is 5.91 Å². The summed E-state index contributed by atoms with van der Waals surface area (Å²) in [6.45, 7) is 1.68. The van der Waals surface area contributed by atoms with Gasteiger partial charge in [0.1, 0.15) is 0 Å². The summed E-state index contributed by atoms with van der Waals surface area (Å²) in [6.07, 6.45) is 3.18. The van der Waals surface area contributed by atoms with Gasteiger partial charge >= 0.3 is 5.97 Å². The highest BCUT2D eigenvalue weighted by Crippen LogP contribution is 2.23. The van der Waals surface area contributed by atoms with Gasteiger partial charge in [0.25, 0.3) is 0 Å². The van der Waals surface area contributed by atoms with Crippen molar-refractivity contribution in [1.29, 1.82) is 0 Å². The molecule has 146 valence electrons. The number of aryl methyl sites for hydroxylation is 3. The zero-order valence-corrected chi connectivity index (χ0v) is 16.6. The number of ether oxygens (including phenoxy) is 1. The first-order valence-electron chi connectivity index (χ1n) is 9.26. The molecule has 5 nitrogen and oxygen atoms in total. The van der Waals surface area contributed by atoms with E-state index in [1.165, 1.54) is 11.1 Å². The third-order valence-corrected chi connectivity index (χ3v) is 5.45. The summed E-state index contributed by atoms with van der Waals surface area (Å²) in [5, 5.41) is 2.78. The Morgan fingerprint density at radius 2 is 1.86 bits per heavy atom. The van der Waals surface area contributed by atoms with Crippen molar-refractivity contribution in [1.82, 2.24) is 0 Å². The number of hydrogen-bond donors (Lipinski definition) is 1. The van der Waals surface area contributed by atoms with Crippen LogP contribution in [0.5, 0.6) is 0 Å². The second-order valence-electron chi connectivity index (χ2n) is 6.83. The molecule has 1 N–H and O–H groups in total. The minimum absolute atomic E-state index is 0.0265. The van der Waals surface area contributed by atoms with Gasteiger partial charge in [0.05, 0.1) is 11.5 Å². The number of esters is 1. The number of anilines is 1. The van der Waals surface area contributed by atoms with Crippen molar-refractivity contribution in [3.05, 3.63) is 64.7 Å². The minimum atomic E-state index is -0.497. The molecule has 0 unspecified atom stereocenters. The van der Waals surface area contributed by atoms with E-state index in [-0.39, 0.29) is 29.8 Å². The van der Waals surface area contributed by atoms with Gasteiger partial charge in [-0.2, -0.15) is 0 Å². The molecular weight excluding hydrogens is 374 g/mol. The zero-order valence-electron chi connectivity index (χ0n) is 15.8. The van der Waals surface area contributed by atoms with Crippen LogP contribution in [0.2, 0.25) is 0 Å². The highest BCUT2D eigenvalue weighted by atomic mass is 32.2. The monoisotopic (exact) mass is 397 g/mol. The second kappa shape index (κ2) is 9.55. The Bertz CT molecular complexity index is 894. The van der Waals surface area contributed by atoms with Crippen molar-refractivity contribution in [2.24, 2.45) is 0 Å². The maximum absolute atomic E-state index is 12.2. The Morgan fingerprint density at radius 1 is 1.04 bits per heavy atom. The van der Waals surface area contributed by atoms with E-state index >= 15 is 0 Å². The van der Waals surface area contributed by atoms with E-state index in [0.717, 1.165) is 42.3 Å². The van der Waals surface area contributed by atoms with Crippen LogP contribution in [-0.2, 0) is 27.2 Å². The van der Waals surface area contributed by atoms with Crippen molar-refractivity contribution in [3.63, 3.8) is 0 Å². The number of nitrogens with one attached hydrogen (secondary N) is 1. The lowest BCUT2D eigenvalue weighted by atomic mass is 10.0. The van der Waals surface area contributed by atoms with Gasteiger partial charge in [-0.3, -0.25) is 14.4 Å². The maximum atomic E-state index is 12.2. The first-order chi connectivity index (χ1) is 13.5. The van der Waals surface area contributed by atoms with E-state index < -0.39 is 5.97 Å². The van der Waals surface area contributed by atoms with E-state index in [2.05, 4.69) is 5.32 Å². The molecule has 0 bridgehead atoms. The van der Waals surface area contributed by atoms with Crippen LogP contribution in [0.1, 0.15) is 33.5 Å². The predicted octanol–water partition coefficient (Wildman–Crippen LogP) is 3.58. The topological polar surface area (TPSA) is 72.5 Å². The molecule has 0 aromatic heterocycles. The van der Waals surface area contributed by atoms with Gasteiger partial charge in [-0.05, 0) is 61.1 Å². The first kappa shape index (κ1) is 20.1. The smallest absolute Gasteiger partial charge is 0.316 e. The van der Waals surface area contributed by atoms with Crippen LogP contribution in [0, 0.1) is 6.92 Å². The van der Waals surface area contributed by atoms with Gasteiger partial charge in [-0.1, -0.05) is 24.3 Å². The van der Waals surface area contributed by atoms with Crippen LogP contribution in [0.15, 0.2) is 42.5 Å². The molecule has 2 aromatic rings. The molecule has 28 heavy (non-hydrogen) atoms. The maximum Gasteiger partial charge on any atom is 0.316 e. The lowest BCUT2D eigenvalue weighted by molar-refractivity contribution is -0.139. The molecule has 0 saturated heterocycles. The largest absolute Gasteiger partial charge is 0.457 e. The SMILES string of the molecule is Cc1cccc(NC(=O)CSCC(=O)OCC(=O)c2ccc3c(c2)CCC3)c1. The fraction of sp³-hybridized carbons (Fsp3) is 0.318.